The van der Waals surface area contributed by atoms with Crippen molar-refractivity contribution in [3.63, 3.8) is 0 Å². The van der Waals surface area contributed by atoms with E-state index >= 15 is 0 Å². The van der Waals surface area contributed by atoms with E-state index in [1.54, 1.807) is 18.2 Å². The summed E-state index contributed by atoms with van der Waals surface area (Å²) < 4.78 is 82.4. The van der Waals surface area contributed by atoms with Crippen molar-refractivity contribution in [3.8, 4) is 5.69 Å². The monoisotopic (exact) mass is 594 g/mol. The van der Waals surface area contributed by atoms with Crippen LogP contribution in [0.3, 0.4) is 0 Å². The van der Waals surface area contributed by atoms with Crippen molar-refractivity contribution in [2.75, 3.05) is 11.4 Å². The molecule has 0 fully saturated rings. The summed E-state index contributed by atoms with van der Waals surface area (Å²) in [5.41, 5.74) is -4.87. The fourth-order valence-electron chi connectivity index (χ4n) is 3.20. The van der Waals surface area contributed by atoms with E-state index in [1.165, 1.54) is 26.1 Å². The number of hydrogen-bond donors (Lipinski definition) is 1. The number of amides is 1. The van der Waals surface area contributed by atoms with E-state index < -0.39 is 56.0 Å². The van der Waals surface area contributed by atoms with Crippen LogP contribution in [-0.2, 0) is 28.2 Å². The highest BCUT2D eigenvalue weighted by molar-refractivity contribution is 8.01. The minimum Gasteiger partial charge on any atom is -0.292 e. The van der Waals surface area contributed by atoms with E-state index in [1.807, 2.05) is 4.72 Å². The van der Waals surface area contributed by atoms with Crippen LogP contribution in [-0.4, -0.2) is 35.8 Å². The first kappa shape index (κ1) is 29.3. The molecule has 0 aliphatic rings. The fraction of sp³-hybridized carbons (Fsp3) is 0.227. The maximum atomic E-state index is 14.7. The second kappa shape index (κ2) is 10.8. The number of aromatic nitrogens is 2. The molecule has 1 heterocycles. The Morgan fingerprint density at radius 2 is 1.74 bits per heavy atom. The van der Waals surface area contributed by atoms with Crippen LogP contribution in [0.15, 0.2) is 63.0 Å². The number of nitrogens with one attached hydrogen (secondary N) is 1. The predicted octanol–water partition coefficient (Wildman–Crippen LogP) is 3.33. The van der Waals surface area contributed by atoms with Crippen LogP contribution in [0.1, 0.15) is 12.6 Å². The molecule has 0 radical (unpaired) electrons. The molecule has 0 bridgehead atoms. The average molecular weight is 595 g/mol. The van der Waals surface area contributed by atoms with E-state index in [2.05, 4.69) is 0 Å². The second-order valence-electron chi connectivity index (χ2n) is 7.81. The zero-order valence-corrected chi connectivity index (χ0v) is 22.2. The molecule has 204 valence electrons. The number of anilines is 1. The zero-order chi connectivity index (χ0) is 28.6. The fourth-order valence-corrected chi connectivity index (χ4v) is 5.42. The summed E-state index contributed by atoms with van der Waals surface area (Å²) in [6.45, 7) is 1.32. The molecule has 1 N–H and O–H groups in total. The summed E-state index contributed by atoms with van der Waals surface area (Å²) >= 11 is 6.73. The maximum absolute atomic E-state index is 14.7. The van der Waals surface area contributed by atoms with Crippen molar-refractivity contribution in [2.24, 2.45) is 7.05 Å². The SMILES string of the molecule is CC(Sc1cc(-n2c(=O)cc(C(F)(F)F)n(C)c2=O)c(F)cc1Cl)C(=O)NS(=O)(=O)N(C)c1ccccc1. The van der Waals surface area contributed by atoms with Crippen LogP contribution < -0.4 is 20.3 Å². The third-order valence-corrected chi connectivity index (χ3v) is 8.21. The molecule has 2 aromatic carbocycles. The molecule has 0 aliphatic carbocycles. The van der Waals surface area contributed by atoms with Crippen LogP contribution in [0.2, 0.25) is 5.02 Å². The van der Waals surface area contributed by atoms with Gasteiger partial charge in [0.2, 0.25) is 5.91 Å². The summed E-state index contributed by atoms with van der Waals surface area (Å²) in [5.74, 6) is -2.16. The first-order chi connectivity index (χ1) is 17.5. The van der Waals surface area contributed by atoms with Crippen LogP contribution in [0.25, 0.3) is 5.69 Å². The first-order valence-corrected chi connectivity index (χ1v) is 13.2. The van der Waals surface area contributed by atoms with Gasteiger partial charge in [0.05, 0.1) is 21.6 Å². The van der Waals surface area contributed by atoms with Crippen LogP contribution in [0, 0.1) is 5.82 Å². The van der Waals surface area contributed by atoms with Crippen LogP contribution >= 0.6 is 23.4 Å². The van der Waals surface area contributed by atoms with Crippen LogP contribution in [0.4, 0.5) is 23.2 Å². The number of para-hydroxylation sites is 1. The molecule has 38 heavy (non-hydrogen) atoms. The van der Waals surface area contributed by atoms with Gasteiger partial charge in [-0.1, -0.05) is 29.8 Å². The summed E-state index contributed by atoms with van der Waals surface area (Å²) in [4.78, 5) is 37.5. The smallest absolute Gasteiger partial charge is 0.292 e. The molecule has 9 nitrogen and oxygen atoms in total. The second-order valence-corrected chi connectivity index (χ2v) is 11.3. The Hall–Kier alpha value is -3.30. The molecule has 1 aromatic heterocycles. The maximum Gasteiger partial charge on any atom is 0.431 e. The van der Waals surface area contributed by atoms with Gasteiger partial charge in [-0.3, -0.25) is 18.5 Å². The molecule has 0 aliphatic heterocycles. The zero-order valence-electron chi connectivity index (χ0n) is 19.8. The molecule has 0 spiro atoms. The van der Waals surface area contributed by atoms with Gasteiger partial charge in [-0.05, 0) is 31.2 Å². The lowest BCUT2D eigenvalue weighted by molar-refractivity contribution is -0.144. The minimum atomic E-state index is -5.01. The summed E-state index contributed by atoms with van der Waals surface area (Å²) in [6.07, 6.45) is -5.01. The van der Waals surface area contributed by atoms with Crippen molar-refractivity contribution in [3.05, 3.63) is 85.9 Å². The van der Waals surface area contributed by atoms with Gasteiger partial charge < -0.3 is 0 Å². The number of rotatable bonds is 7. The third kappa shape index (κ3) is 6.05. The number of halogens is 5. The number of benzene rings is 2. The summed E-state index contributed by atoms with van der Waals surface area (Å²) in [7, 11) is -2.31. The Morgan fingerprint density at radius 3 is 2.32 bits per heavy atom. The van der Waals surface area contributed by atoms with Gasteiger partial charge >= 0.3 is 22.1 Å². The Morgan fingerprint density at radius 1 is 1.13 bits per heavy atom. The van der Waals surface area contributed by atoms with Gasteiger partial charge in [0, 0.05) is 25.1 Å². The molecule has 0 saturated carbocycles. The number of carbonyl (C=O) groups excluding carboxylic acids is 1. The molecule has 0 saturated heterocycles. The van der Waals surface area contributed by atoms with E-state index in [0.717, 1.165) is 17.4 Å². The van der Waals surface area contributed by atoms with Crippen molar-refractivity contribution in [2.45, 2.75) is 23.2 Å². The average Bonchev–Trinajstić information content (AvgIpc) is 2.83. The van der Waals surface area contributed by atoms with Gasteiger partial charge in [0.1, 0.15) is 11.5 Å². The molecule has 16 heteroatoms. The summed E-state index contributed by atoms with van der Waals surface area (Å²) in [5, 5.41) is -1.39. The number of alkyl halides is 3. The Balaban J connectivity index is 1.92. The molecule has 3 rings (SSSR count). The van der Waals surface area contributed by atoms with Crippen molar-refractivity contribution in [1.82, 2.24) is 13.9 Å². The highest BCUT2D eigenvalue weighted by Crippen LogP contribution is 2.34. The quantitative estimate of drug-likeness (QED) is 0.332. The number of nitrogens with zero attached hydrogens (tertiary/aromatic N) is 3. The lowest BCUT2D eigenvalue weighted by Gasteiger charge is -2.21. The predicted molar refractivity (Wildman–Crippen MR) is 134 cm³/mol. The van der Waals surface area contributed by atoms with Crippen molar-refractivity contribution in [1.29, 1.82) is 0 Å². The largest absolute Gasteiger partial charge is 0.431 e. The van der Waals surface area contributed by atoms with E-state index in [0.29, 0.717) is 17.8 Å². The van der Waals surface area contributed by atoms with E-state index in [9.17, 15) is 40.4 Å². The minimum absolute atomic E-state index is 0.0478. The lowest BCUT2D eigenvalue weighted by Crippen LogP contribution is -2.44. The molecular weight excluding hydrogens is 576 g/mol. The van der Waals surface area contributed by atoms with Crippen LogP contribution in [0.5, 0.6) is 0 Å². The topological polar surface area (TPSA) is 110 Å². The number of carbonyl (C=O) groups is 1. The first-order valence-electron chi connectivity index (χ1n) is 10.5. The van der Waals surface area contributed by atoms with E-state index in [-0.39, 0.29) is 30.8 Å². The number of thioether (sulfide) groups is 1. The molecule has 3 aromatic rings. The lowest BCUT2D eigenvalue weighted by atomic mass is 10.3. The Labute approximate surface area is 222 Å². The van der Waals surface area contributed by atoms with Crippen molar-refractivity contribution < 1.29 is 30.8 Å². The highest BCUT2D eigenvalue weighted by Gasteiger charge is 2.35. The van der Waals surface area contributed by atoms with Gasteiger partial charge in [0.25, 0.3) is 5.56 Å². The normalized spacial score (nSPS) is 12.7. The summed E-state index contributed by atoms with van der Waals surface area (Å²) in [6, 6.07) is 9.67. The number of hydrogen-bond acceptors (Lipinski definition) is 6. The van der Waals surface area contributed by atoms with E-state index in [4.69, 9.17) is 11.6 Å². The van der Waals surface area contributed by atoms with Gasteiger partial charge in [-0.25, -0.2) is 18.5 Å². The third-order valence-electron chi connectivity index (χ3n) is 5.24. The van der Waals surface area contributed by atoms with Gasteiger partial charge in [0.15, 0.2) is 0 Å². The molecule has 1 unspecified atom stereocenters. The van der Waals surface area contributed by atoms with Gasteiger partial charge in [-0.15, -0.1) is 11.8 Å². The molecule has 1 amide bonds. The van der Waals surface area contributed by atoms with Gasteiger partial charge in [-0.2, -0.15) is 21.6 Å². The standard InChI is InChI=1S/C22H19ClF4N4O5S2/c1-12(20(33)28-38(35,36)30(3)13-7-5-4-6-8-13)37-17-10-16(15(24)9-14(17)23)31-19(32)11-18(22(25,26)27)29(2)21(31)34/h4-12H,1-3H3,(H,28,33). The Bertz CT molecular complexity index is 1610. The highest BCUT2D eigenvalue weighted by atomic mass is 35.5. The molecular formula is C22H19ClF4N4O5S2. The Kier molecular flexibility index (Phi) is 8.33. The molecule has 1 atom stereocenters. The van der Waals surface area contributed by atoms with Crippen molar-refractivity contribution >= 4 is 45.2 Å².